The first-order valence-electron chi connectivity index (χ1n) is 19.5. The molecule has 4 aromatic carbocycles. The number of ether oxygens (including phenoxy) is 2. The van der Waals surface area contributed by atoms with Gasteiger partial charge in [0.1, 0.15) is 24.7 Å². The van der Waals surface area contributed by atoms with E-state index in [0.29, 0.717) is 36.3 Å². The highest BCUT2D eigenvalue weighted by Gasteiger charge is 2.28. The summed E-state index contributed by atoms with van der Waals surface area (Å²) in [5.41, 5.74) is 12.0. The van der Waals surface area contributed by atoms with E-state index in [9.17, 15) is 9.90 Å². The lowest BCUT2D eigenvalue weighted by atomic mass is 9.89. The molecular weight excluding hydrogens is 724 g/mol. The first kappa shape index (κ1) is 39.3. The van der Waals surface area contributed by atoms with E-state index in [1.165, 1.54) is 22.3 Å². The SMILES string of the molecule is CNc1cncc(COc2cc(OCc3cccc(-c4cccc(-c5ccc(CN6CC(CC(=O)O)C6)cc5)c4C)c3C)c(Cl)cc2CN[C@@H]2CCC[C@@H]2O)c1. The summed E-state index contributed by atoms with van der Waals surface area (Å²) in [6.45, 7) is 7.98. The lowest BCUT2D eigenvalue weighted by Gasteiger charge is -2.38. The Kier molecular flexibility index (Phi) is 12.6. The summed E-state index contributed by atoms with van der Waals surface area (Å²) in [4.78, 5) is 17.6. The van der Waals surface area contributed by atoms with Crippen LogP contribution in [0.3, 0.4) is 0 Å². The molecule has 1 aliphatic carbocycles. The summed E-state index contributed by atoms with van der Waals surface area (Å²) >= 11 is 6.88. The van der Waals surface area contributed by atoms with E-state index in [0.717, 1.165) is 78.0 Å². The van der Waals surface area contributed by atoms with Gasteiger partial charge in [-0.15, -0.1) is 0 Å². The van der Waals surface area contributed by atoms with Crippen LogP contribution in [0, 0.1) is 19.8 Å². The fraction of sp³-hybridized carbons (Fsp3) is 0.348. The molecule has 0 amide bonds. The Morgan fingerprint density at radius 2 is 1.59 bits per heavy atom. The second-order valence-electron chi connectivity index (χ2n) is 15.2. The second-order valence-corrected chi connectivity index (χ2v) is 15.6. The van der Waals surface area contributed by atoms with Gasteiger partial charge in [0.2, 0.25) is 0 Å². The number of nitrogens with one attached hydrogen (secondary N) is 2. The van der Waals surface area contributed by atoms with Gasteiger partial charge >= 0.3 is 5.97 Å². The number of aliphatic hydroxyl groups is 1. The molecule has 1 aromatic heterocycles. The van der Waals surface area contributed by atoms with Crippen molar-refractivity contribution in [2.24, 2.45) is 5.92 Å². The second kappa shape index (κ2) is 17.9. The third kappa shape index (κ3) is 9.36. The molecule has 56 heavy (non-hydrogen) atoms. The Hall–Kier alpha value is -4.93. The van der Waals surface area contributed by atoms with Gasteiger partial charge in [0.05, 0.1) is 23.2 Å². The third-order valence-corrected chi connectivity index (χ3v) is 11.5. The molecule has 1 aliphatic heterocycles. The van der Waals surface area contributed by atoms with Crippen molar-refractivity contribution in [2.75, 3.05) is 25.5 Å². The maximum atomic E-state index is 11.0. The predicted octanol–water partition coefficient (Wildman–Crippen LogP) is 8.80. The number of carboxylic acids is 1. The predicted molar refractivity (Wildman–Crippen MR) is 222 cm³/mol. The number of carbonyl (C=O) groups is 1. The lowest BCUT2D eigenvalue weighted by molar-refractivity contribution is -0.139. The number of rotatable bonds is 16. The number of aromatic nitrogens is 1. The van der Waals surface area contributed by atoms with E-state index in [2.05, 4.69) is 95.0 Å². The number of aliphatic hydroxyl groups excluding tert-OH is 1. The molecule has 9 nitrogen and oxygen atoms in total. The number of anilines is 1. The number of nitrogens with zero attached hydrogens (tertiary/aromatic N) is 2. The highest BCUT2D eigenvalue weighted by molar-refractivity contribution is 6.32. The van der Waals surface area contributed by atoms with Gasteiger partial charge in [-0.3, -0.25) is 14.7 Å². The van der Waals surface area contributed by atoms with E-state index < -0.39 is 5.97 Å². The highest BCUT2D eigenvalue weighted by atomic mass is 35.5. The van der Waals surface area contributed by atoms with Gasteiger partial charge in [-0.2, -0.15) is 0 Å². The summed E-state index contributed by atoms with van der Waals surface area (Å²) in [7, 11) is 1.86. The van der Waals surface area contributed by atoms with Gasteiger partial charge in [0, 0.05) is 68.9 Å². The summed E-state index contributed by atoms with van der Waals surface area (Å²) in [5, 5.41) is 26.6. The molecule has 2 fully saturated rings. The minimum Gasteiger partial charge on any atom is -0.488 e. The minimum absolute atomic E-state index is 0.0390. The lowest BCUT2D eigenvalue weighted by Crippen LogP contribution is -2.46. The molecule has 0 radical (unpaired) electrons. The van der Waals surface area contributed by atoms with Crippen LogP contribution in [0.4, 0.5) is 5.69 Å². The fourth-order valence-electron chi connectivity index (χ4n) is 8.00. The monoisotopic (exact) mass is 774 g/mol. The van der Waals surface area contributed by atoms with Crippen molar-refractivity contribution in [1.29, 1.82) is 0 Å². The average molecular weight is 775 g/mol. The van der Waals surface area contributed by atoms with Crippen molar-refractivity contribution >= 4 is 23.3 Å². The third-order valence-electron chi connectivity index (χ3n) is 11.2. The Labute approximate surface area is 334 Å². The molecule has 5 aromatic rings. The topological polar surface area (TPSA) is 116 Å². The van der Waals surface area contributed by atoms with Crippen LogP contribution in [0.5, 0.6) is 11.5 Å². The largest absolute Gasteiger partial charge is 0.488 e. The van der Waals surface area contributed by atoms with Crippen molar-refractivity contribution in [1.82, 2.24) is 15.2 Å². The van der Waals surface area contributed by atoms with E-state index in [1.54, 1.807) is 12.4 Å². The molecule has 1 saturated carbocycles. The van der Waals surface area contributed by atoms with Crippen molar-refractivity contribution in [3.63, 3.8) is 0 Å². The molecule has 7 rings (SSSR count). The van der Waals surface area contributed by atoms with E-state index in [-0.39, 0.29) is 24.5 Å². The van der Waals surface area contributed by atoms with E-state index in [4.69, 9.17) is 26.2 Å². The number of halogens is 1. The van der Waals surface area contributed by atoms with Crippen LogP contribution in [-0.2, 0) is 31.1 Å². The van der Waals surface area contributed by atoms with Crippen LogP contribution in [0.1, 0.15) is 59.1 Å². The normalized spacial score (nSPS) is 17.1. The van der Waals surface area contributed by atoms with Gasteiger partial charge in [-0.05, 0) is 95.7 Å². The first-order chi connectivity index (χ1) is 27.1. The van der Waals surface area contributed by atoms with Crippen molar-refractivity contribution in [3.05, 3.63) is 130 Å². The maximum Gasteiger partial charge on any atom is 0.303 e. The molecule has 2 heterocycles. The summed E-state index contributed by atoms with van der Waals surface area (Å²) in [6.07, 6.45) is 6.20. The van der Waals surface area contributed by atoms with Gasteiger partial charge in [-0.25, -0.2) is 0 Å². The number of carboxylic acid groups (broad SMARTS) is 1. The van der Waals surface area contributed by atoms with Crippen LogP contribution < -0.4 is 20.1 Å². The van der Waals surface area contributed by atoms with Gasteiger partial charge in [-0.1, -0.05) is 72.3 Å². The zero-order chi connectivity index (χ0) is 39.2. The number of hydrogen-bond donors (Lipinski definition) is 4. The molecule has 0 bridgehead atoms. The maximum absolute atomic E-state index is 11.0. The molecule has 0 unspecified atom stereocenters. The Balaban J connectivity index is 1.06. The number of hydrogen-bond acceptors (Lipinski definition) is 8. The Bertz CT molecular complexity index is 2150. The quantitative estimate of drug-likeness (QED) is 0.0781. The van der Waals surface area contributed by atoms with E-state index in [1.807, 2.05) is 25.2 Å². The summed E-state index contributed by atoms with van der Waals surface area (Å²) in [6, 6.07) is 27.4. The molecular formula is C46H51ClN4O5. The molecule has 0 spiro atoms. The van der Waals surface area contributed by atoms with Crippen LogP contribution in [0.15, 0.2) is 91.3 Å². The number of pyridine rings is 1. The van der Waals surface area contributed by atoms with Crippen LogP contribution in [0.25, 0.3) is 22.3 Å². The minimum atomic E-state index is -0.717. The molecule has 292 valence electrons. The van der Waals surface area contributed by atoms with E-state index >= 15 is 0 Å². The van der Waals surface area contributed by atoms with Gasteiger partial charge < -0.3 is 30.3 Å². The average Bonchev–Trinajstić information content (AvgIpc) is 3.60. The number of benzene rings is 4. The van der Waals surface area contributed by atoms with Crippen molar-refractivity contribution in [2.45, 2.75) is 78.0 Å². The number of aliphatic carboxylic acids is 1. The van der Waals surface area contributed by atoms with Crippen molar-refractivity contribution in [3.8, 4) is 33.8 Å². The number of likely N-dealkylation sites (tertiary alicyclic amines) is 1. The first-order valence-corrected chi connectivity index (χ1v) is 19.9. The van der Waals surface area contributed by atoms with Gasteiger partial charge in [0.15, 0.2) is 0 Å². The Morgan fingerprint density at radius 1 is 0.857 bits per heavy atom. The molecule has 1 saturated heterocycles. The van der Waals surface area contributed by atoms with Crippen LogP contribution in [-0.4, -0.2) is 58.3 Å². The summed E-state index contributed by atoms with van der Waals surface area (Å²) in [5.74, 6) is 0.735. The summed E-state index contributed by atoms with van der Waals surface area (Å²) < 4.78 is 12.8. The zero-order valence-corrected chi connectivity index (χ0v) is 33.1. The van der Waals surface area contributed by atoms with Crippen LogP contribution in [0.2, 0.25) is 5.02 Å². The Morgan fingerprint density at radius 3 is 2.32 bits per heavy atom. The standard InChI is InChI=1S/C46H51ClN4O5/c1-29-35(7-4-9-39(29)40-10-5-8-38(30(40)2)34-15-13-31(14-16-34)24-51-25-33(26-51)18-46(53)54)28-56-45-20-44(55-27-32-17-37(48-3)23-49-21-32)36(19-41(45)47)22-50-42-11-6-12-43(42)52/h4-5,7-10,13-17,19-21,23,33,42-43,48,50,52H,6,11-12,18,22,24-28H2,1-3H3,(H,53,54)/t42-,43+/m1/s1. The van der Waals surface area contributed by atoms with Crippen LogP contribution >= 0.6 is 11.6 Å². The molecule has 2 atom stereocenters. The molecule has 2 aliphatic rings. The molecule has 4 N–H and O–H groups in total. The van der Waals surface area contributed by atoms with Crippen molar-refractivity contribution < 1.29 is 24.5 Å². The highest BCUT2D eigenvalue weighted by Crippen LogP contribution is 2.37. The molecule has 10 heteroatoms. The smallest absolute Gasteiger partial charge is 0.303 e. The fourth-order valence-corrected chi connectivity index (χ4v) is 8.24. The van der Waals surface area contributed by atoms with Gasteiger partial charge in [0.25, 0.3) is 0 Å². The zero-order valence-electron chi connectivity index (χ0n) is 32.4.